The van der Waals surface area contributed by atoms with Crippen LogP contribution in [0.5, 0.6) is 0 Å². The average Bonchev–Trinajstić information content (AvgIpc) is 2.88. The first-order valence-electron chi connectivity index (χ1n) is 7.54. The van der Waals surface area contributed by atoms with Crippen molar-refractivity contribution in [2.45, 2.75) is 37.2 Å². The number of carbonyl (C=O) groups excluding carboxylic acids is 1. The van der Waals surface area contributed by atoms with Crippen molar-refractivity contribution >= 4 is 40.4 Å². The van der Waals surface area contributed by atoms with Crippen LogP contribution in [0.15, 0.2) is 27.8 Å². The summed E-state index contributed by atoms with van der Waals surface area (Å²) >= 11 is 7.31. The van der Waals surface area contributed by atoms with E-state index in [9.17, 15) is 4.79 Å². The monoisotopic (exact) mass is 338 g/mol. The molecule has 1 aromatic carbocycles. The van der Waals surface area contributed by atoms with E-state index in [1.165, 1.54) is 11.8 Å². The van der Waals surface area contributed by atoms with Gasteiger partial charge in [-0.15, -0.1) is 0 Å². The molecule has 1 fully saturated rings. The van der Waals surface area contributed by atoms with Crippen molar-refractivity contribution in [3.63, 3.8) is 0 Å². The van der Waals surface area contributed by atoms with Crippen molar-refractivity contribution in [1.29, 1.82) is 0 Å². The number of rotatable bonds is 3. The Morgan fingerprint density at radius 1 is 1.45 bits per heavy atom. The minimum Gasteiger partial charge on any atom is -0.431 e. The number of likely N-dealkylation sites (tertiary alicyclic amines) is 1. The van der Waals surface area contributed by atoms with Gasteiger partial charge in [0, 0.05) is 18.1 Å². The van der Waals surface area contributed by atoms with Crippen LogP contribution in [-0.2, 0) is 4.79 Å². The molecule has 1 unspecified atom stereocenters. The van der Waals surface area contributed by atoms with E-state index in [1.807, 2.05) is 11.8 Å². The zero-order chi connectivity index (χ0) is 15.7. The number of halogens is 1. The van der Waals surface area contributed by atoms with Crippen LogP contribution in [0.2, 0.25) is 5.02 Å². The molecule has 1 aliphatic rings. The van der Waals surface area contributed by atoms with Gasteiger partial charge in [-0.1, -0.05) is 30.3 Å². The number of amides is 1. The molecule has 118 valence electrons. The molecular formula is C16H19ClN2O2S. The van der Waals surface area contributed by atoms with Crippen LogP contribution < -0.4 is 0 Å². The van der Waals surface area contributed by atoms with Crippen molar-refractivity contribution in [3.05, 3.63) is 23.2 Å². The molecule has 22 heavy (non-hydrogen) atoms. The Morgan fingerprint density at radius 3 is 2.91 bits per heavy atom. The maximum Gasteiger partial charge on any atom is 0.257 e. The molecule has 1 atom stereocenters. The summed E-state index contributed by atoms with van der Waals surface area (Å²) in [4.78, 5) is 18.8. The highest BCUT2D eigenvalue weighted by molar-refractivity contribution is 8.00. The fourth-order valence-corrected chi connectivity index (χ4v) is 3.63. The van der Waals surface area contributed by atoms with Crippen LogP contribution in [-0.4, -0.2) is 34.1 Å². The lowest BCUT2D eigenvalue weighted by molar-refractivity contribution is -0.131. The third-order valence-corrected chi connectivity index (χ3v) is 5.22. The Morgan fingerprint density at radius 2 is 2.18 bits per heavy atom. The van der Waals surface area contributed by atoms with Gasteiger partial charge in [0.1, 0.15) is 5.52 Å². The number of aromatic nitrogens is 1. The summed E-state index contributed by atoms with van der Waals surface area (Å²) in [6.45, 7) is 5.86. The zero-order valence-electron chi connectivity index (χ0n) is 12.7. The summed E-state index contributed by atoms with van der Waals surface area (Å²) in [7, 11) is 0. The number of carbonyl (C=O) groups is 1. The molecule has 0 aliphatic carbocycles. The fraction of sp³-hybridized carbons (Fsp3) is 0.500. The van der Waals surface area contributed by atoms with Crippen molar-refractivity contribution in [2.75, 3.05) is 13.1 Å². The molecule has 1 aromatic heterocycles. The van der Waals surface area contributed by atoms with E-state index in [-0.39, 0.29) is 11.2 Å². The summed E-state index contributed by atoms with van der Waals surface area (Å²) in [5.74, 6) is 0.881. The van der Waals surface area contributed by atoms with Gasteiger partial charge in [-0.3, -0.25) is 4.79 Å². The van der Waals surface area contributed by atoms with E-state index in [0.29, 0.717) is 21.7 Å². The second-order valence-electron chi connectivity index (χ2n) is 5.86. The molecule has 1 amide bonds. The number of hydrogen-bond donors (Lipinski definition) is 0. The Balaban J connectivity index is 1.67. The van der Waals surface area contributed by atoms with Gasteiger partial charge in [0.15, 0.2) is 5.58 Å². The van der Waals surface area contributed by atoms with Gasteiger partial charge in [-0.2, -0.15) is 0 Å². The van der Waals surface area contributed by atoms with Gasteiger partial charge in [-0.25, -0.2) is 4.98 Å². The topological polar surface area (TPSA) is 46.3 Å². The molecule has 1 saturated heterocycles. The number of piperidine rings is 1. The van der Waals surface area contributed by atoms with Crippen LogP contribution >= 0.6 is 23.4 Å². The molecule has 2 aromatic rings. The van der Waals surface area contributed by atoms with E-state index in [4.69, 9.17) is 16.0 Å². The maximum absolute atomic E-state index is 12.5. The molecule has 0 saturated carbocycles. The minimum atomic E-state index is -0.197. The van der Waals surface area contributed by atoms with Crippen LogP contribution in [0.25, 0.3) is 11.1 Å². The molecule has 2 heterocycles. The number of oxazole rings is 1. The molecule has 0 radical (unpaired) electrons. The SMILES string of the molecule is CC1CCN(C(=O)C(C)Sc2nc3cc(Cl)ccc3o2)CC1. The van der Waals surface area contributed by atoms with Crippen LogP contribution in [0.1, 0.15) is 26.7 Å². The largest absolute Gasteiger partial charge is 0.431 e. The average molecular weight is 339 g/mol. The van der Waals surface area contributed by atoms with E-state index >= 15 is 0 Å². The predicted octanol–water partition coefficient (Wildman–Crippen LogP) is 4.22. The van der Waals surface area contributed by atoms with Gasteiger partial charge in [0.05, 0.1) is 5.25 Å². The number of nitrogens with zero attached hydrogens (tertiary/aromatic N) is 2. The normalized spacial score (nSPS) is 17.9. The maximum atomic E-state index is 12.5. The first-order valence-corrected chi connectivity index (χ1v) is 8.80. The molecule has 0 bridgehead atoms. The van der Waals surface area contributed by atoms with Crippen molar-refractivity contribution in [2.24, 2.45) is 5.92 Å². The number of thioether (sulfide) groups is 1. The van der Waals surface area contributed by atoms with Crippen LogP contribution in [0.4, 0.5) is 0 Å². The van der Waals surface area contributed by atoms with Crippen LogP contribution in [0, 0.1) is 5.92 Å². The van der Waals surface area contributed by atoms with Crippen molar-refractivity contribution in [3.8, 4) is 0 Å². The quantitative estimate of drug-likeness (QED) is 0.786. The fourth-order valence-electron chi connectivity index (χ4n) is 2.62. The Hall–Kier alpha value is -1.20. The second-order valence-corrected chi connectivity index (χ2v) is 7.59. The van der Waals surface area contributed by atoms with Crippen molar-refractivity contribution in [1.82, 2.24) is 9.88 Å². The smallest absolute Gasteiger partial charge is 0.257 e. The Kier molecular flexibility index (Phi) is 4.64. The molecule has 6 heteroatoms. The van der Waals surface area contributed by atoms with E-state index in [2.05, 4.69) is 11.9 Å². The van der Waals surface area contributed by atoms with Gasteiger partial charge >= 0.3 is 0 Å². The van der Waals surface area contributed by atoms with Gasteiger partial charge in [-0.05, 0) is 43.9 Å². The molecular weight excluding hydrogens is 320 g/mol. The molecule has 1 aliphatic heterocycles. The number of fused-ring (bicyclic) bond motifs is 1. The Labute approximate surface area is 139 Å². The highest BCUT2D eigenvalue weighted by atomic mass is 35.5. The summed E-state index contributed by atoms with van der Waals surface area (Å²) < 4.78 is 5.67. The first-order chi connectivity index (χ1) is 10.5. The standard InChI is InChI=1S/C16H19ClN2O2S/c1-10-5-7-19(8-6-10)15(20)11(2)22-16-18-13-9-12(17)3-4-14(13)21-16/h3-4,9-11H,5-8H2,1-2H3. The Bertz CT molecular complexity index is 680. The number of hydrogen-bond acceptors (Lipinski definition) is 4. The summed E-state index contributed by atoms with van der Waals surface area (Å²) in [5.41, 5.74) is 1.42. The molecule has 0 spiro atoms. The number of benzene rings is 1. The summed E-state index contributed by atoms with van der Waals surface area (Å²) in [6, 6.07) is 5.34. The minimum absolute atomic E-state index is 0.164. The summed E-state index contributed by atoms with van der Waals surface area (Å²) in [5, 5.41) is 0.948. The highest BCUT2D eigenvalue weighted by Crippen LogP contribution is 2.29. The predicted molar refractivity (Wildman–Crippen MR) is 89.3 cm³/mol. The van der Waals surface area contributed by atoms with Gasteiger partial charge in [0.2, 0.25) is 5.91 Å². The lowest BCUT2D eigenvalue weighted by Crippen LogP contribution is -2.41. The summed E-state index contributed by atoms with van der Waals surface area (Å²) in [6.07, 6.45) is 2.18. The molecule has 0 N–H and O–H groups in total. The van der Waals surface area contributed by atoms with E-state index < -0.39 is 0 Å². The van der Waals surface area contributed by atoms with Crippen LogP contribution in [0.3, 0.4) is 0 Å². The zero-order valence-corrected chi connectivity index (χ0v) is 14.3. The second kappa shape index (κ2) is 6.50. The third kappa shape index (κ3) is 3.41. The van der Waals surface area contributed by atoms with Crippen molar-refractivity contribution < 1.29 is 9.21 Å². The van der Waals surface area contributed by atoms with E-state index in [1.54, 1.807) is 18.2 Å². The molecule has 3 rings (SSSR count). The highest BCUT2D eigenvalue weighted by Gasteiger charge is 2.26. The molecule has 4 nitrogen and oxygen atoms in total. The van der Waals surface area contributed by atoms with Gasteiger partial charge < -0.3 is 9.32 Å². The van der Waals surface area contributed by atoms with Gasteiger partial charge in [0.25, 0.3) is 5.22 Å². The lowest BCUT2D eigenvalue weighted by atomic mass is 9.99. The lowest BCUT2D eigenvalue weighted by Gasteiger charge is -2.31. The third-order valence-electron chi connectivity index (χ3n) is 4.05. The van der Waals surface area contributed by atoms with E-state index in [0.717, 1.165) is 31.4 Å². The first kappa shape index (κ1) is 15.7.